The molecule has 0 unspecified atom stereocenters. The Hall–Kier alpha value is -1.73. The van der Waals surface area contributed by atoms with E-state index in [0.29, 0.717) is 17.4 Å². The predicted octanol–water partition coefficient (Wildman–Crippen LogP) is 3.12. The van der Waals surface area contributed by atoms with E-state index in [1.165, 1.54) is 11.3 Å². The highest BCUT2D eigenvalue weighted by molar-refractivity contribution is 7.13. The Morgan fingerprint density at radius 2 is 2.30 bits per heavy atom. The number of thiazole rings is 2. The number of carbonyl (C=O) groups is 1. The van der Waals surface area contributed by atoms with Crippen molar-refractivity contribution in [1.82, 2.24) is 9.97 Å². The average Bonchev–Trinajstić information content (AvgIpc) is 3.11. The van der Waals surface area contributed by atoms with Gasteiger partial charge in [0.05, 0.1) is 10.7 Å². The highest BCUT2D eigenvalue weighted by Crippen LogP contribution is 2.17. The van der Waals surface area contributed by atoms with Gasteiger partial charge >= 0.3 is 5.97 Å². The topological polar surface area (TPSA) is 64.1 Å². The zero-order valence-corrected chi connectivity index (χ0v) is 12.7. The smallest absolute Gasteiger partial charge is 0.358 e. The Morgan fingerprint density at radius 1 is 1.45 bits per heavy atom. The van der Waals surface area contributed by atoms with Crippen LogP contribution in [0.25, 0.3) is 0 Å². The van der Waals surface area contributed by atoms with Crippen LogP contribution in [0.4, 0.5) is 5.13 Å². The number of aryl methyl sites for hydroxylation is 1. The molecule has 5 nitrogen and oxygen atoms in total. The molecule has 20 heavy (non-hydrogen) atoms. The van der Waals surface area contributed by atoms with Crippen LogP contribution in [0.2, 0.25) is 0 Å². The molecule has 0 radical (unpaired) electrons. The minimum absolute atomic E-state index is 0.183. The fourth-order valence-corrected chi connectivity index (χ4v) is 2.82. The lowest BCUT2D eigenvalue weighted by Gasteiger charge is -2.00. The Morgan fingerprint density at radius 3 is 3.00 bits per heavy atom. The summed E-state index contributed by atoms with van der Waals surface area (Å²) in [7, 11) is 0. The van der Waals surface area contributed by atoms with E-state index >= 15 is 0 Å². The van der Waals surface area contributed by atoms with Crippen molar-refractivity contribution < 1.29 is 9.53 Å². The Kier molecular flexibility index (Phi) is 5.25. The van der Waals surface area contributed by atoms with Crippen molar-refractivity contribution in [2.24, 2.45) is 0 Å². The van der Waals surface area contributed by atoms with Crippen molar-refractivity contribution in [3.05, 3.63) is 39.8 Å². The third-order valence-electron chi connectivity index (χ3n) is 2.36. The van der Waals surface area contributed by atoms with Crippen LogP contribution in [0.1, 0.15) is 28.1 Å². The van der Waals surface area contributed by atoms with E-state index in [9.17, 15) is 4.79 Å². The summed E-state index contributed by atoms with van der Waals surface area (Å²) in [6, 6.07) is 0. The number of nitrogens with zero attached hydrogens (tertiary/aromatic N) is 2. The standard InChI is InChI=1S/C13H15N3O2S2/c1-3-5-14-13-16-10(8-20-13)12(17)18-6-9-7-19-11(4-2)15-9/h3,7-8H,1,4-6H2,2H3,(H,14,16). The molecular weight excluding hydrogens is 294 g/mol. The summed E-state index contributed by atoms with van der Waals surface area (Å²) in [5, 5.41) is 8.33. The lowest BCUT2D eigenvalue weighted by atomic mass is 10.4. The predicted molar refractivity (Wildman–Crippen MR) is 81.4 cm³/mol. The van der Waals surface area contributed by atoms with Crippen LogP contribution in [0.5, 0.6) is 0 Å². The molecule has 0 aliphatic carbocycles. The van der Waals surface area contributed by atoms with Crippen LogP contribution in [0.15, 0.2) is 23.4 Å². The molecule has 0 atom stereocenters. The van der Waals surface area contributed by atoms with Gasteiger partial charge in [0.2, 0.25) is 0 Å². The number of carbonyl (C=O) groups excluding carboxylic acids is 1. The van der Waals surface area contributed by atoms with Gasteiger partial charge in [-0.15, -0.1) is 29.3 Å². The number of ether oxygens (including phenoxy) is 1. The Balaban J connectivity index is 1.87. The van der Waals surface area contributed by atoms with E-state index < -0.39 is 5.97 Å². The lowest BCUT2D eigenvalue weighted by Crippen LogP contribution is -2.06. The maximum atomic E-state index is 11.8. The molecule has 2 heterocycles. The molecule has 106 valence electrons. The minimum Gasteiger partial charge on any atom is -0.454 e. The van der Waals surface area contributed by atoms with Crippen LogP contribution in [-0.2, 0) is 17.8 Å². The van der Waals surface area contributed by atoms with Crippen molar-refractivity contribution in [2.75, 3.05) is 11.9 Å². The molecule has 0 amide bonds. The largest absolute Gasteiger partial charge is 0.454 e. The Bertz CT molecular complexity index is 592. The van der Waals surface area contributed by atoms with Gasteiger partial charge in [-0.05, 0) is 6.42 Å². The number of aromatic nitrogens is 2. The second-order valence-corrected chi connectivity index (χ2v) is 5.67. The lowest BCUT2D eigenvalue weighted by molar-refractivity contribution is 0.0462. The van der Waals surface area contributed by atoms with Crippen LogP contribution in [-0.4, -0.2) is 22.5 Å². The zero-order valence-electron chi connectivity index (χ0n) is 11.1. The molecule has 0 saturated carbocycles. The maximum absolute atomic E-state index is 11.8. The average molecular weight is 309 g/mol. The van der Waals surface area contributed by atoms with E-state index in [1.54, 1.807) is 22.8 Å². The second-order valence-electron chi connectivity index (χ2n) is 3.87. The Labute approximate surface area is 125 Å². The van der Waals surface area contributed by atoms with Crippen molar-refractivity contribution in [3.63, 3.8) is 0 Å². The first-order valence-electron chi connectivity index (χ1n) is 6.13. The molecule has 1 N–H and O–H groups in total. The van der Waals surface area contributed by atoms with Gasteiger partial charge in [-0.2, -0.15) is 0 Å². The number of rotatable bonds is 7. The number of esters is 1. The maximum Gasteiger partial charge on any atom is 0.358 e. The fraction of sp³-hybridized carbons (Fsp3) is 0.308. The van der Waals surface area contributed by atoms with E-state index in [1.807, 2.05) is 12.3 Å². The van der Waals surface area contributed by atoms with Crippen LogP contribution >= 0.6 is 22.7 Å². The third-order valence-corrected chi connectivity index (χ3v) is 4.21. The van der Waals surface area contributed by atoms with E-state index in [-0.39, 0.29) is 6.61 Å². The molecule has 7 heteroatoms. The van der Waals surface area contributed by atoms with Crippen LogP contribution < -0.4 is 5.32 Å². The van der Waals surface area contributed by atoms with Gasteiger partial charge in [0.15, 0.2) is 10.8 Å². The summed E-state index contributed by atoms with van der Waals surface area (Å²) in [4.78, 5) is 20.3. The molecule has 2 aromatic heterocycles. The van der Waals surface area contributed by atoms with Crippen molar-refractivity contribution in [2.45, 2.75) is 20.0 Å². The minimum atomic E-state index is -0.432. The number of anilines is 1. The van der Waals surface area contributed by atoms with Crippen molar-refractivity contribution >= 4 is 33.8 Å². The van der Waals surface area contributed by atoms with E-state index in [4.69, 9.17) is 4.74 Å². The van der Waals surface area contributed by atoms with E-state index in [2.05, 4.69) is 21.9 Å². The molecular formula is C13H15N3O2S2. The zero-order chi connectivity index (χ0) is 14.4. The first-order valence-corrected chi connectivity index (χ1v) is 7.89. The first kappa shape index (κ1) is 14.7. The van der Waals surface area contributed by atoms with Crippen molar-refractivity contribution in [3.8, 4) is 0 Å². The fourth-order valence-electron chi connectivity index (χ4n) is 1.40. The molecule has 0 aliphatic rings. The molecule has 0 aliphatic heterocycles. The van der Waals surface area contributed by atoms with Gasteiger partial charge in [-0.25, -0.2) is 14.8 Å². The molecule has 0 bridgehead atoms. The number of hydrogen-bond acceptors (Lipinski definition) is 7. The highest BCUT2D eigenvalue weighted by Gasteiger charge is 2.13. The second kappa shape index (κ2) is 7.16. The van der Waals surface area contributed by atoms with Crippen LogP contribution in [0.3, 0.4) is 0 Å². The molecule has 0 fully saturated rings. The third kappa shape index (κ3) is 3.88. The van der Waals surface area contributed by atoms with Gasteiger partial charge in [0, 0.05) is 17.3 Å². The first-order chi connectivity index (χ1) is 9.72. The summed E-state index contributed by atoms with van der Waals surface area (Å²) in [5.74, 6) is -0.432. The number of hydrogen-bond donors (Lipinski definition) is 1. The van der Waals surface area contributed by atoms with Crippen LogP contribution in [0, 0.1) is 0 Å². The quantitative estimate of drug-likeness (QED) is 0.629. The van der Waals surface area contributed by atoms with Gasteiger partial charge in [-0.3, -0.25) is 0 Å². The summed E-state index contributed by atoms with van der Waals surface area (Å²) in [6.45, 7) is 6.44. The van der Waals surface area contributed by atoms with Gasteiger partial charge in [-0.1, -0.05) is 13.0 Å². The van der Waals surface area contributed by atoms with E-state index in [0.717, 1.165) is 17.1 Å². The molecule has 0 saturated heterocycles. The van der Waals surface area contributed by atoms with Gasteiger partial charge in [0.1, 0.15) is 6.61 Å². The summed E-state index contributed by atoms with van der Waals surface area (Å²) in [5.41, 5.74) is 1.09. The summed E-state index contributed by atoms with van der Waals surface area (Å²) >= 11 is 2.94. The number of nitrogens with one attached hydrogen (secondary N) is 1. The molecule has 0 aromatic carbocycles. The molecule has 2 aromatic rings. The van der Waals surface area contributed by atoms with Crippen molar-refractivity contribution in [1.29, 1.82) is 0 Å². The normalized spacial score (nSPS) is 10.2. The summed E-state index contributed by atoms with van der Waals surface area (Å²) < 4.78 is 5.19. The summed E-state index contributed by atoms with van der Waals surface area (Å²) in [6.07, 6.45) is 2.62. The SMILES string of the molecule is C=CCNc1nc(C(=O)OCc2csc(CC)n2)cs1. The monoisotopic (exact) mass is 309 g/mol. The highest BCUT2D eigenvalue weighted by atomic mass is 32.1. The molecule has 0 spiro atoms. The van der Waals surface area contributed by atoms with Gasteiger partial charge in [0.25, 0.3) is 0 Å². The molecule has 2 rings (SSSR count). The van der Waals surface area contributed by atoms with Gasteiger partial charge < -0.3 is 10.1 Å².